The van der Waals surface area contributed by atoms with Crippen molar-refractivity contribution in [2.45, 2.75) is 50.6 Å². The highest BCUT2D eigenvalue weighted by Crippen LogP contribution is 2.17. The van der Waals surface area contributed by atoms with Crippen LogP contribution in [0.4, 0.5) is 0 Å². The molecule has 1 unspecified atom stereocenters. The minimum absolute atomic E-state index is 0.0112. The smallest absolute Gasteiger partial charge is 0.326 e. The number of aliphatic carboxylic acids is 1. The molecule has 3 N–H and O–H groups in total. The molecule has 0 aromatic carbocycles. The Kier molecular flexibility index (Phi) is 8.10. The average molecular weight is 302 g/mol. The molecular weight excluding hydrogens is 280 g/mol. The van der Waals surface area contributed by atoms with E-state index in [0.717, 1.165) is 12.8 Å². The summed E-state index contributed by atoms with van der Waals surface area (Å²) in [6.07, 6.45) is 6.42. The van der Waals surface area contributed by atoms with Crippen LogP contribution in [-0.2, 0) is 14.4 Å². The first-order valence-electron chi connectivity index (χ1n) is 6.93. The van der Waals surface area contributed by atoms with Crippen molar-refractivity contribution in [3.63, 3.8) is 0 Å². The van der Waals surface area contributed by atoms with E-state index in [1.165, 1.54) is 31.0 Å². The van der Waals surface area contributed by atoms with Crippen LogP contribution in [-0.4, -0.2) is 47.0 Å². The number of hydrogen-bond acceptors (Lipinski definition) is 4. The molecule has 114 valence electrons. The molecule has 0 radical (unpaired) electrons. The van der Waals surface area contributed by atoms with Gasteiger partial charge in [-0.2, -0.15) is 11.8 Å². The SMILES string of the molecule is O=CNC(CCSCC(=O)NC1CCCCC1)C(=O)O. The molecule has 1 aliphatic carbocycles. The Morgan fingerprint density at radius 2 is 2.00 bits per heavy atom. The quantitative estimate of drug-likeness (QED) is 0.432. The standard InChI is InChI=1S/C13H22N2O4S/c16-9-14-11(13(18)19)6-7-20-8-12(17)15-10-4-2-1-3-5-10/h9-11H,1-8H2,(H,14,16)(H,15,17)(H,18,19). The van der Waals surface area contributed by atoms with E-state index in [0.29, 0.717) is 30.4 Å². The first kappa shape index (κ1) is 16.8. The van der Waals surface area contributed by atoms with Crippen molar-refractivity contribution in [1.29, 1.82) is 0 Å². The third-order valence-electron chi connectivity index (χ3n) is 3.32. The molecule has 6 nitrogen and oxygen atoms in total. The van der Waals surface area contributed by atoms with Crippen molar-refractivity contribution < 1.29 is 19.5 Å². The zero-order chi connectivity index (χ0) is 14.8. The van der Waals surface area contributed by atoms with Gasteiger partial charge in [0.05, 0.1) is 5.75 Å². The monoisotopic (exact) mass is 302 g/mol. The zero-order valence-corrected chi connectivity index (χ0v) is 12.3. The highest BCUT2D eigenvalue weighted by atomic mass is 32.2. The van der Waals surface area contributed by atoms with Gasteiger partial charge in [0.2, 0.25) is 12.3 Å². The Morgan fingerprint density at radius 3 is 2.60 bits per heavy atom. The molecule has 0 aliphatic heterocycles. The van der Waals surface area contributed by atoms with Gasteiger partial charge in [-0.3, -0.25) is 9.59 Å². The van der Waals surface area contributed by atoms with Gasteiger partial charge in [0.1, 0.15) is 6.04 Å². The van der Waals surface area contributed by atoms with Gasteiger partial charge < -0.3 is 15.7 Å². The molecule has 1 aliphatic rings. The van der Waals surface area contributed by atoms with Gasteiger partial charge in [-0.25, -0.2) is 4.79 Å². The molecule has 7 heteroatoms. The molecule has 1 saturated carbocycles. The summed E-state index contributed by atoms with van der Waals surface area (Å²) < 4.78 is 0. The summed E-state index contributed by atoms with van der Waals surface area (Å²) in [4.78, 5) is 32.7. The van der Waals surface area contributed by atoms with Crippen molar-refractivity contribution in [1.82, 2.24) is 10.6 Å². The highest BCUT2D eigenvalue weighted by Gasteiger charge is 2.17. The van der Waals surface area contributed by atoms with Crippen LogP contribution in [0.3, 0.4) is 0 Å². The fraction of sp³-hybridized carbons (Fsp3) is 0.769. The number of thioether (sulfide) groups is 1. The van der Waals surface area contributed by atoms with Crippen molar-refractivity contribution in [2.75, 3.05) is 11.5 Å². The second-order valence-corrected chi connectivity index (χ2v) is 6.02. The van der Waals surface area contributed by atoms with Crippen LogP contribution in [0.2, 0.25) is 0 Å². The van der Waals surface area contributed by atoms with Gasteiger partial charge in [0.15, 0.2) is 0 Å². The number of hydrogen-bond donors (Lipinski definition) is 3. The summed E-state index contributed by atoms with van der Waals surface area (Å²) in [6, 6.07) is -0.568. The lowest BCUT2D eigenvalue weighted by Crippen LogP contribution is -2.38. The van der Waals surface area contributed by atoms with Crippen LogP contribution >= 0.6 is 11.8 Å². The number of carboxylic acid groups (broad SMARTS) is 1. The minimum atomic E-state index is -1.05. The van der Waals surface area contributed by atoms with Crippen molar-refractivity contribution in [2.24, 2.45) is 0 Å². The molecule has 0 aromatic heterocycles. The van der Waals surface area contributed by atoms with Gasteiger partial charge >= 0.3 is 5.97 Å². The summed E-state index contributed by atoms with van der Waals surface area (Å²) in [5.74, 6) is -0.179. The summed E-state index contributed by atoms with van der Waals surface area (Å²) >= 11 is 1.39. The second-order valence-electron chi connectivity index (χ2n) is 4.92. The predicted octanol–water partition coefficient (Wildman–Crippen LogP) is 0.758. The Bertz CT molecular complexity index is 332. The zero-order valence-electron chi connectivity index (χ0n) is 11.5. The van der Waals surface area contributed by atoms with Crippen LogP contribution < -0.4 is 10.6 Å². The predicted molar refractivity (Wildman–Crippen MR) is 77.6 cm³/mol. The lowest BCUT2D eigenvalue weighted by atomic mass is 9.95. The van der Waals surface area contributed by atoms with Gasteiger partial charge in [0, 0.05) is 6.04 Å². The Balaban J connectivity index is 2.11. The van der Waals surface area contributed by atoms with E-state index >= 15 is 0 Å². The lowest BCUT2D eigenvalue weighted by molar-refractivity contribution is -0.140. The molecule has 1 rings (SSSR count). The van der Waals surface area contributed by atoms with Crippen LogP contribution in [0, 0.1) is 0 Å². The van der Waals surface area contributed by atoms with Crippen molar-refractivity contribution in [3.05, 3.63) is 0 Å². The molecule has 2 amide bonds. The maximum absolute atomic E-state index is 11.7. The molecule has 1 atom stereocenters. The molecule has 0 saturated heterocycles. The maximum atomic E-state index is 11.7. The number of nitrogens with one attached hydrogen (secondary N) is 2. The third-order valence-corrected chi connectivity index (χ3v) is 4.31. The van der Waals surface area contributed by atoms with E-state index in [9.17, 15) is 14.4 Å². The minimum Gasteiger partial charge on any atom is -0.480 e. The summed E-state index contributed by atoms with van der Waals surface area (Å²) in [6.45, 7) is 0. The van der Waals surface area contributed by atoms with E-state index in [1.807, 2.05) is 0 Å². The number of carbonyl (C=O) groups excluding carboxylic acids is 2. The lowest BCUT2D eigenvalue weighted by Gasteiger charge is -2.22. The molecule has 20 heavy (non-hydrogen) atoms. The first-order chi connectivity index (χ1) is 9.63. The fourth-order valence-corrected chi connectivity index (χ4v) is 3.06. The third kappa shape index (κ3) is 6.79. The number of rotatable bonds is 9. The van der Waals surface area contributed by atoms with Crippen LogP contribution in [0.5, 0.6) is 0 Å². The van der Waals surface area contributed by atoms with Crippen LogP contribution in [0.25, 0.3) is 0 Å². The van der Waals surface area contributed by atoms with E-state index in [-0.39, 0.29) is 5.91 Å². The van der Waals surface area contributed by atoms with Gasteiger partial charge in [-0.1, -0.05) is 19.3 Å². The topological polar surface area (TPSA) is 95.5 Å². The fourth-order valence-electron chi connectivity index (χ4n) is 2.24. The van der Waals surface area contributed by atoms with E-state index in [1.54, 1.807) is 0 Å². The molecule has 0 spiro atoms. The molecule has 1 fully saturated rings. The normalized spacial score (nSPS) is 17.2. The first-order valence-corrected chi connectivity index (χ1v) is 8.08. The number of carboxylic acids is 1. The van der Waals surface area contributed by atoms with E-state index < -0.39 is 12.0 Å². The maximum Gasteiger partial charge on any atom is 0.326 e. The molecule has 0 heterocycles. The second kappa shape index (κ2) is 9.63. The summed E-state index contributed by atoms with van der Waals surface area (Å²) in [7, 11) is 0. The van der Waals surface area contributed by atoms with E-state index in [2.05, 4.69) is 10.6 Å². The molecule has 0 bridgehead atoms. The van der Waals surface area contributed by atoms with Gasteiger partial charge in [-0.05, 0) is 25.0 Å². The van der Waals surface area contributed by atoms with E-state index in [4.69, 9.17) is 5.11 Å². The average Bonchev–Trinajstić information content (AvgIpc) is 2.43. The number of carbonyl (C=O) groups is 3. The summed E-state index contributed by atoms with van der Waals surface area (Å²) in [5, 5.41) is 14.1. The van der Waals surface area contributed by atoms with Crippen molar-refractivity contribution >= 4 is 30.0 Å². The Labute approximate surface area is 123 Å². The molecule has 0 aromatic rings. The van der Waals surface area contributed by atoms with Crippen LogP contribution in [0.1, 0.15) is 38.5 Å². The summed E-state index contributed by atoms with van der Waals surface area (Å²) in [5.41, 5.74) is 0. The number of amides is 2. The Morgan fingerprint density at radius 1 is 1.30 bits per heavy atom. The van der Waals surface area contributed by atoms with Crippen molar-refractivity contribution in [3.8, 4) is 0 Å². The molecular formula is C13H22N2O4S. The van der Waals surface area contributed by atoms with Crippen LogP contribution in [0.15, 0.2) is 0 Å². The highest BCUT2D eigenvalue weighted by molar-refractivity contribution is 7.99. The van der Waals surface area contributed by atoms with Gasteiger partial charge in [-0.15, -0.1) is 0 Å². The largest absolute Gasteiger partial charge is 0.480 e. The Hall–Kier alpha value is -1.24. The van der Waals surface area contributed by atoms with Gasteiger partial charge in [0.25, 0.3) is 0 Å².